The van der Waals surface area contributed by atoms with Crippen LogP contribution in [0.25, 0.3) is 0 Å². The van der Waals surface area contributed by atoms with E-state index >= 15 is 0 Å². The number of hydrogen-bond acceptors (Lipinski definition) is 3. The lowest BCUT2D eigenvalue weighted by molar-refractivity contribution is -0.129. The lowest BCUT2D eigenvalue weighted by Crippen LogP contribution is -2.41. The van der Waals surface area contributed by atoms with Crippen molar-refractivity contribution in [1.82, 2.24) is 10.2 Å². The van der Waals surface area contributed by atoms with Gasteiger partial charge in [0.25, 0.3) is 0 Å². The molecule has 4 rings (SSSR count). The fourth-order valence-corrected chi connectivity index (χ4v) is 5.03. The molecule has 3 unspecified atom stereocenters. The second-order valence-corrected chi connectivity index (χ2v) is 7.37. The van der Waals surface area contributed by atoms with E-state index in [0.29, 0.717) is 17.9 Å². The minimum Gasteiger partial charge on any atom is -0.340 e. The molecule has 1 amide bonds. The first-order valence-electron chi connectivity index (χ1n) is 7.58. The maximum atomic E-state index is 12.7. The Kier molecular flexibility index (Phi) is 3.23. The Morgan fingerprint density at radius 3 is 3.05 bits per heavy atom. The molecule has 20 heavy (non-hydrogen) atoms. The van der Waals surface area contributed by atoms with Crippen LogP contribution in [0, 0.1) is 5.92 Å². The number of nitrogens with zero attached hydrogens (tertiary/aromatic N) is 1. The van der Waals surface area contributed by atoms with Crippen LogP contribution in [0.4, 0.5) is 0 Å². The van der Waals surface area contributed by atoms with Crippen LogP contribution in [-0.2, 0) is 11.2 Å². The molecular weight excluding hydrogens is 268 g/mol. The third-order valence-corrected chi connectivity index (χ3v) is 6.14. The topological polar surface area (TPSA) is 32.3 Å². The first-order chi connectivity index (χ1) is 9.81. The van der Waals surface area contributed by atoms with E-state index in [1.807, 2.05) is 0 Å². The van der Waals surface area contributed by atoms with Gasteiger partial charge < -0.3 is 10.2 Å². The van der Waals surface area contributed by atoms with Gasteiger partial charge in [0.1, 0.15) is 0 Å². The molecule has 0 aliphatic carbocycles. The summed E-state index contributed by atoms with van der Waals surface area (Å²) >= 11 is 1.75. The average molecular weight is 288 g/mol. The van der Waals surface area contributed by atoms with Crippen molar-refractivity contribution in [1.29, 1.82) is 0 Å². The van der Waals surface area contributed by atoms with Crippen LogP contribution in [0.1, 0.15) is 18.4 Å². The van der Waals surface area contributed by atoms with E-state index < -0.39 is 0 Å². The van der Waals surface area contributed by atoms with Crippen LogP contribution in [-0.4, -0.2) is 41.7 Å². The molecule has 1 aromatic carbocycles. The van der Waals surface area contributed by atoms with Crippen molar-refractivity contribution in [3.63, 3.8) is 0 Å². The van der Waals surface area contributed by atoms with E-state index in [1.165, 1.54) is 23.3 Å². The van der Waals surface area contributed by atoms with Crippen LogP contribution < -0.4 is 5.32 Å². The summed E-state index contributed by atoms with van der Waals surface area (Å²) in [5, 5.41) is 3.68. The summed E-state index contributed by atoms with van der Waals surface area (Å²) in [6.07, 6.45) is 3.44. The highest BCUT2D eigenvalue weighted by Gasteiger charge is 2.39. The number of benzene rings is 1. The Labute approximate surface area is 124 Å². The predicted octanol–water partition coefficient (Wildman–Crippen LogP) is 1.91. The van der Waals surface area contributed by atoms with Gasteiger partial charge in [-0.25, -0.2) is 0 Å². The van der Waals surface area contributed by atoms with E-state index in [0.717, 1.165) is 26.1 Å². The quantitative estimate of drug-likeness (QED) is 0.857. The van der Waals surface area contributed by atoms with Gasteiger partial charge in [0.05, 0.1) is 5.25 Å². The fraction of sp³-hybridized carbons (Fsp3) is 0.562. The van der Waals surface area contributed by atoms with E-state index in [1.54, 1.807) is 11.8 Å². The molecule has 3 aliphatic rings. The number of fused-ring (bicyclic) bond motifs is 2. The molecule has 3 heterocycles. The maximum Gasteiger partial charge on any atom is 0.236 e. The fourth-order valence-electron chi connectivity index (χ4n) is 3.75. The first kappa shape index (κ1) is 12.7. The van der Waals surface area contributed by atoms with Gasteiger partial charge in [-0.3, -0.25) is 4.79 Å². The average Bonchev–Trinajstić information content (AvgIpc) is 3.10. The molecule has 3 nitrogen and oxygen atoms in total. The number of rotatable bonds is 1. The molecule has 106 valence electrons. The van der Waals surface area contributed by atoms with Gasteiger partial charge in [-0.2, -0.15) is 0 Å². The van der Waals surface area contributed by atoms with Crippen molar-refractivity contribution in [3.8, 4) is 0 Å². The van der Waals surface area contributed by atoms with Gasteiger partial charge in [-0.1, -0.05) is 18.2 Å². The van der Waals surface area contributed by atoms with E-state index in [2.05, 4.69) is 34.5 Å². The molecule has 3 atom stereocenters. The minimum atomic E-state index is 0.104. The molecule has 3 aliphatic heterocycles. The Bertz CT molecular complexity index is 494. The standard InChI is InChI=1S/C16H20N2OS/c19-16(15-8-11-4-1-2-6-14(11)20-15)18-9-12-5-3-7-17-13(12)10-18/h1-2,4,6,12-13,15,17H,3,5,7-10H2. The van der Waals surface area contributed by atoms with Gasteiger partial charge in [-0.05, 0) is 43.4 Å². The van der Waals surface area contributed by atoms with Gasteiger partial charge >= 0.3 is 0 Å². The van der Waals surface area contributed by atoms with Crippen molar-refractivity contribution in [2.75, 3.05) is 19.6 Å². The predicted molar refractivity (Wildman–Crippen MR) is 80.9 cm³/mol. The molecule has 2 fully saturated rings. The highest BCUT2D eigenvalue weighted by atomic mass is 32.2. The molecule has 0 aromatic heterocycles. The summed E-state index contributed by atoms with van der Waals surface area (Å²) in [4.78, 5) is 16.1. The normalized spacial score (nSPS) is 32.0. The number of likely N-dealkylation sites (tertiary alicyclic amines) is 1. The van der Waals surface area contributed by atoms with Crippen molar-refractivity contribution < 1.29 is 4.79 Å². The van der Waals surface area contributed by atoms with Gasteiger partial charge in [0, 0.05) is 24.0 Å². The SMILES string of the molecule is O=C(C1Cc2ccccc2S1)N1CC2CCCNC2C1. The highest BCUT2D eigenvalue weighted by molar-refractivity contribution is 8.01. The summed E-state index contributed by atoms with van der Waals surface area (Å²) < 4.78 is 0. The number of thioether (sulfide) groups is 1. The zero-order valence-electron chi connectivity index (χ0n) is 11.5. The Balaban J connectivity index is 1.44. The smallest absolute Gasteiger partial charge is 0.236 e. The summed E-state index contributed by atoms with van der Waals surface area (Å²) in [5.41, 5.74) is 1.34. The third-order valence-electron chi connectivity index (χ3n) is 4.83. The largest absolute Gasteiger partial charge is 0.340 e. The molecule has 4 heteroatoms. The minimum absolute atomic E-state index is 0.104. The van der Waals surface area contributed by atoms with Crippen molar-refractivity contribution in [3.05, 3.63) is 29.8 Å². The van der Waals surface area contributed by atoms with E-state index in [9.17, 15) is 4.79 Å². The first-order valence-corrected chi connectivity index (χ1v) is 8.46. The zero-order valence-corrected chi connectivity index (χ0v) is 12.4. The summed E-state index contributed by atoms with van der Waals surface area (Å²) in [7, 11) is 0. The number of piperidine rings is 1. The van der Waals surface area contributed by atoms with Crippen LogP contribution >= 0.6 is 11.8 Å². The Hall–Kier alpha value is -1.00. The molecule has 0 spiro atoms. The molecule has 0 bridgehead atoms. The van der Waals surface area contributed by atoms with E-state index in [-0.39, 0.29) is 5.25 Å². The number of carbonyl (C=O) groups excluding carboxylic acids is 1. The van der Waals surface area contributed by atoms with Crippen LogP contribution in [0.2, 0.25) is 0 Å². The number of nitrogens with one attached hydrogen (secondary N) is 1. The molecule has 1 N–H and O–H groups in total. The van der Waals surface area contributed by atoms with Crippen LogP contribution in [0.3, 0.4) is 0 Å². The van der Waals surface area contributed by atoms with Gasteiger partial charge in [0.2, 0.25) is 5.91 Å². The van der Waals surface area contributed by atoms with Crippen molar-refractivity contribution in [2.24, 2.45) is 5.92 Å². The third kappa shape index (κ3) is 2.15. The Morgan fingerprint density at radius 1 is 1.30 bits per heavy atom. The molecular formula is C16H20N2OS. The van der Waals surface area contributed by atoms with Crippen molar-refractivity contribution in [2.45, 2.75) is 35.4 Å². The number of hydrogen-bond donors (Lipinski definition) is 1. The Morgan fingerprint density at radius 2 is 2.20 bits per heavy atom. The summed E-state index contributed by atoms with van der Waals surface area (Å²) in [6.45, 7) is 2.99. The van der Waals surface area contributed by atoms with Gasteiger partial charge in [-0.15, -0.1) is 11.8 Å². The lowest BCUT2D eigenvalue weighted by atomic mass is 9.94. The lowest BCUT2D eigenvalue weighted by Gasteiger charge is -2.24. The van der Waals surface area contributed by atoms with Crippen LogP contribution in [0.15, 0.2) is 29.2 Å². The number of carbonyl (C=O) groups is 1. The summed E-state index contributed by atoms with van der Waals surface area (Å²) in [5.74, 6) is 1.03. The highest BCUT2D eigenvalue weighted by Crippen LogP contribution is 2.38. The number of amides is 1. The molecule has 2 saturated heterocycles. The molecule has 0 radical (unpaired) electrons. The molecule has 0 saturated carbocycles. The van der Waals surface area contributed by atoms with Crippen LogP contribution in [0.5, 0.6) is 0 Å². The second kappa shape index (κ2) is 5.08. The monoisotopic (exact) mass is 288 g/mol. The van der Waals surface area contributed by atoms with Crippen molar-refractivity contribution >= 4 is 17.7 Å². The maximum absolute atomic E-state index is 12.7. The second-order valence-electron chi connectivity index (χ2n) is 6.12. The van der Waals surface area contributed by atoms with E-state index in [4.69, 9.17) is 0 Å². The molecule has 1 aromatic rings. The summed E-state index contributed by atoms with van der Waals surface area (Å²) in [6, 6.07) is 8.97. The zero-order chi connectivity index (χ0) is 13.5. The van der Waals surface area contributed by atoms with Gasteiger partial charge in [0.15, 0.2) is 0 Å².